The molecule has 3 rings (SSSR count). The van der Waals surface area contributed by atoms with Gasteiger partial charge in [0.15, 0.2) is 11.5 Å². The minimum absolute atomic E-state index is 0.367. The van der Waals surface area contributed by atoms with E-state index in [4.69, 9.17) is 14.2 Å². The van der Waals surface area contributed by atoms with Gasteiger partial charge in [0.2, 0.25) is 0 Å². The first-order chi connectivity index (χ1) is 9.75. The monoisotopic (exact) mass is 277 g/mol. The van der Waals surface area contributed by atoms with E-state index in [-0.39, 0.29) is 0 Å². The minimum atomic E-state index is 0.367. The lowest BCUT2D eigenvalue weighted by Gasteiger charge is -2.33. The summed E-state index contributed by atoms with van der Waals surface area (Å²) in [7, 11) is 0. The Bertz CT molecular complexity index is 455. The molecule has 0 saturated carbocycles. The number of nitrogens with one attached hydrogen (secondary N) is 1. The third kappa shape index (κ3) is 3.25. The lowest BCUT2D eigenvalue weighted by Crippen LogP contribution is -2.36. The SMILES string of the molecule is CC1(CNCc2ccc3c(c2)OCCO3)CCOCC1. The van der Waals surface area contributed by atoms with E-state index in [9.17, 15) is 0 Å². The van der Waals surface area contributed by atoms with Crippen molar-refractivity contribution in [2.75, 3.05) is 33.0 Å². The number of hydrogen-bond acceptors (Lipinski definition) is 4. The molecule has 0 spiro atoms. The van der Waals surface area contributed by atoms with Gasteiger partial charge in [0.1, 0.15) is 13.2 Å². The van der Waals surface area contributed by atoms with E-state index in [2.05, 4.69) is 24.4 Å². The van der Waals surface area contributed by atoms with Gasteiger partial charge < -0.3 is 19.5 Å². The first-order valence-corrected chi connectivity index (χ1v) is 7.42. The Hall–Kier alpha value is -1.26. The number of ether oxygens (including phenoxy) is 3. The highest BCUT2D eigenvalue weighted by molar-refractivity contribution is 5.43. The largest absolute Gasteiger partial charge is 0.486 e. The van der Waals surface area contributed by atoms with Gasteiger partial charge in [-0.05, 0) is 36.0 Å². The second-order valence-corrected chi connectivity index (χ2v) is 6.00. The Morgan fingerprint density at radius 3 is 2.60 bits per heavy atom. The van der Waals surface area contributed by atoms with Gasteiger partial charge in [-0.15, -0.1) is 0 Å². The molecule has 1 fully saturated rings. The number of rotatable bonds is 4. The van der Waals surface area contributed by atoms with Crippen molar-refractivity contribution >= 4 is 0 Å². The first-order valence-electron chi connectivity index (χ1n) is 7.42. The summed E-state index contributed by atoms with van der Waals surface area (Å²) in [5.41, 5.74) is 1.61. The summed E-state index contributed by atoms with van der Waals surface area (Å²) < 4.78 is 16.6. The molecule has 0 bridgehead atoms. The average Bonchev–Trinajstić information content (AvgIpc) is 2.48. The van der Waals surface area contributed by atoms with Crippen LogP contribution < -0.4 is 14.8 Å². The smallest absolute Gasteiger partial charge is 0.161 e. The molecule has 0 unspecified atom stereocenters. The molecule has 0 radical (unpaired) electrons. The molecule has 1 saturated heterocycles. The Kier molecular flexibility index (Phi) is 4.13. The molecular formula is C16H23NO3. The normalized spacial score (nSPS) is 20.6. The van der Waals surface area contributed by atoms with Crippen LogP contribution in [0.15, 0.2) is 18.2 Å². The first kappa shape index (κ1) is 13.7. The Morgan fingerprint density at radius 1 is 1.05 bits per heavy atom. The highest BCUT2D eigenvalue weighted by atomic mass is 16.6. The quantitative estimate of drug-likeness (QED) is 0.917. The second-order valence-electron chi connectivity index (χ2n) is 6.00. The molecule has 110 valence electrons. The van der Waals surface area contributed by atoms with Crippen LogP contribution in [0.1, 0.15) is 25.3 Å². The molecule has 0 aromatic heterocycles. The van der Waals surface area contributed by atoms with E-state index >= 15 is 0 Å². The Balaban J connectivity index is 1.53. The van der Waals surface area contributed by atoms with Crippen LogP contribution in [0.5, 0.6) is 11.5 Å². The van der Waals surface area contributed by atoms with Crippen LogP contribution in [-0.2, 0) is 11.3 Å². The van der Waals surface area contributed by atoms with E-state index in [1.807, 2.05) is 6.07 Å². The van der Waals surface area contributed by atoms with Crippen molar-refractivity contribution in [2.45, 2.75) is 26.3 Å². The van der Waals surface area contributed by atoms with E-state index in [1.165, 1.54) is 5.56 Å². The van der Waals surface area contributed by atoms with Gasteiger partial charge in [0, 0.05) is 26.3 Å². The van der Waals surface area contributed by atoms with Crippen LogP contribution in [0.2, 0.25) is 0 Å². The third-order valence-corrected chi connectivity index (χ3v) is 4.19. The van der Waals surface area contributed by atoms with E-state index < -0.39 is 0 Å². The topological polar surface area (TPSA) is 39.7 Å². The molecule has 1 aromatic rings. The van der Waals surface area contributed by atoms with Crippen LogP contribution in [0, 0.1) is 5.41 Å². The molecule has 2 aliphatic heterocycles. The van der Waals surface area contributed by atoms with Crippen molar-refractivity contribution in [3.05, 3.63) is 23.8 Å². The van der Waals surface area contributed by atoms with Crippen LogP contribution >= 0.6 is 0 Å². The van der Waals surface area contributed by atoms with Gasteiger partial charge >= 0.3 is 0 Å². The zero-order chi connectivity index (χ0) is 13.8. The maximum atomic E-state index is 5.61. The molecule has 1 N–H and O–H groups in total. The molecule has 0 atom stereocenters. The molecule has 4 heteroatoms. The minimum Gasteiger partial charge on any atom is -0.486 e. The summed E-state index contributed by atoms with van der Waals surface area (Å²) >= 11 is 0. The lowest BCUT2D eigenvalue weighted by atomic mass is 9.82. The lowest BCUT2D eigenvalue weighted by molar-refractivity contribution is 0.0240. The van der Waals surface area contributed by atoms with Gasteiger partial charge in [-0.3, -0.25) is 0 Å². The van der Waals surface area contributed by atoms with Gasteiger partial charge in [-0.1, -0.05) is 13.0 Å². The summed E-state index contributed by atoms with van der Waals surface area (Å²) in [5, 5.41) is 3.57. The zero-order valence-corrected chi connectivity index (χ0v) is 12.1. The fourth-order valence-electron chi connectivity index (χ4n) is 2.75. The molecule has 2 aliphatic rings. The number of hydrogen-bond donors (Lipinski definition) is 1. The molecule has 0 aliphatic carbocycles. The molecule has 20 heavy (non-hydrogen) atoms. The fraction of sp³-hybridized carbons (Fsp3) is 0.625. The van der Waals surface area contributed by atoms with E-state index in [0.29, 0.717) is 18.6 Å². The van der Waals surface area contributed by atoms with Crippen LogP contribution in [0.3, 0.4) is 0 Å². The van der Waals surface area contributed by atoms with Crippen molar-refractivity contribution in [1.29, 1.82) is 0 Å². The summed E-state index contributed by atoms with van der Waals surface area (Å²) in [5.74, 6) is 1.73. The van der Waals surface area contributed by atoms with Crippen molar-refractivity contribution in [2.24, 2.45) is 5.41 Å². The summed E-state index contributed by atoms with van der Waals surface area (Å²) in [4.78, 5) is 0. The van der Waals surface area contributed by atoms with Crippen LogP contribution in [0.25, 0.3) is 0 Å². The van der Waals surface area contributed by atoms with E-state index in [1.54, 1.807) is 0 Å². The van der Waals surface area contributed by atoms with Crippen molar-refractivity contribution < 1.29 is 14.2 Å². The summed E-state index contributed by atoms with van der Waals surface area (Å²) in [6.07, 6.45) is 2.28. The average molecular weight is 277 g/mol. The van der Waals surface area contributed by atoms with E-state index in [0.717, 1.165) is 50.6 Å². The van der Waals surface area contributed by atoms with Gasteiger partial charge in [-0.25, -0.2) is 0 Å². The highest BCUT2D eigenvalue weighted by Crippen LogP contribution is 2.31. The van der Waals surface area contributed by atoms with Crippen molar-refractivity contribution in [1.82, 2.24) is 5.32 Å². The Morgan fingerprint density at radius 2 is 1.80 bits per heavy atom. The molecule has 2 heterocycles. The van der Waals surface area contributed by atoms with Crippen LogP contribution in [-0.4, -0.2) is 33.0 Å². The zero-order valence-electron chi connectivity index (χ0n) is 12.1. The number of fused-ring (bicyclic) bond motifs is 1. The maximum Gasteiger partial charge on any atom is 0.161 e. The van der Waals surface area contributed by atoms with Crippen molar-refractivity contribution in [3.63, 3.8) is 0 Å². The molecule has 4 nitrogen and oxygen atoms in total. The standard InChI is InChI=1S/C16H23NO3/c1-16(4-6-18-7-5-16)12-17-11-13-2-3-14-15(10-13)20-9-8-19-14/h2-3,10,17H,4-9,11-12H2,1H3. The predicted molar refractivity (Wildman–Crippen MR) is 77.3 cm³/mol. The highest BCUT2D eigenvalue weighted by Gasteiger charge is 2.26. The Labute approximate surface area is 120 Å². The molecule has 1 aromatic carbocycles. The second kappa shape index (κ2) is 6.02. The number of benzene rings is 1. The third-order valence-electron chi connectivity index (χ3n) is 4.19. The molecule has 0 amide bonds. The molecular weight excluding hydrogens is 254 g/mol. The summed E-state index contributed by atoms with van der Waals surface area (Å²) in [6.45, 7) is 7.31. The summed E-state index contributed by atoms with van der Waals surface area (Å²) in [6, 6.07) is 6.18. The predicted octanol–water partition coefficient (Wildman–Crippen LogP) is 2.36. The van der Waals surface area contributed by atoms with Crippen LogP contribution in [0.4, 0.5) is 0 Å². The van der Waals surface area contributed by atoms with Crippen molar-refractivity contribution in [3.8, 4) is 11.5 Å². The van der Waals surface area contributed by atoms with Gasteiger partial charge in [0.25, 0.3) is 0 Å². The maximum absolute atomic E-state index is 5.61. The van der Waals surface area contributed by atoms with Gasteiger partial charge in [-0.2, -0.15) is 0 Å². The fourth-order valence-corrected chi connectivity index (χ4v) is 2.75. The van der Waals surface area contributed by atoms with Gasteiger partial charge in [0.05, 0.1) is 0 Å².